The maximum atomic E-state index is 10.9. The second kappa shape index (κ2) is 9.11. The molecule has 0 atom stereocenters. The summed E-state index contributed by atoms with van der Waals surface area (Å²) in [6.45, 7) is 5.01. The molecule has 0 aromatic heterocycles. The van der Waals surface area contributed by atoms with Crippen molar-refractivity contribution in [3.8, 4) is 0 Å². The summed E-state index contributed by atoms with van der Waals surface area (Å²) in [4.78, 5) is 21.7. The van der Waals surface area contributed by atoms with Crippen LogP contribution in [0, 0.1) is 0 Å². The van der Waals surface area contributed by atoms with Gasteiger partial charge in [-0.3, -0.25) is 0 Å². The highest BCUT2D eigenvalue weighted by molar-refractivity contribution is 5.68. The summed E-state index contributed by atoms with van der Waals surface area (Å²) < 4.78 is 9.37. The molecule has 0 aromatic rings. The molecule has 0 aromatic carbocycles. The van der Waals surface area contributed by atoms with Gasteiger partial charge in [0.25, 0.3) is 0 Å². The van der Waals surface area contributed by atoms with Gasteiger partial charge in [0.15, 0.2) is 0 Å². The lowest BCUT2D eigenvalue weighted by Gasteiger charge is -2.07. The molecule has 0 saturated heterocycles. The monoisotopic (exact) mass is 218 g/mol. The molecular formula is C9H18N2O4. The number of carbonyl (C=O) groups excluding carboxylic acids is 2. The Morgan fingerprint density at radius 1 is 1.00 bits per heavy atom. The quantitative estimate of drug-likeness (QED) is 0.648. The third-order valence-electron chi connectivity index (χ3n) is 1.38. The van der Waals surface area contributed by atoms with E-state index in [4.69, 9.17) is 4.74 Å². The summed E-state index contributed by atoms with van der Waals surface area (Å²) in [6, 6.07) is 0. The first-order chi connectivity index (χ1) is 7.20. The van der Waals surface area contributed by atoms with Crippen molar-refractivity contribution in [3.63, 3.8) is 0 Å². The molecular weight excluding hydrogens is 200 g/mol. The molecule has 0 saturated carbocycles. The Morgan fingerprint density at radius 3 is 2.00 bits per heavy atom. The van der Waals surface area contributed by atoms with Gasteiger partial charge in [-0.05, 0) is 13.3 Å². The number of hydrogen-bond acceptors (Lipinski definition) is 4. The van der Waals surface area contributed by atoms with E-state index in [2.05, 4.69) is 15.4 Å². The summed E-state index contributed by atoms with van der Waals surface area (Å²) in [7, 11) is 0. The zero-order chi connectivity index (χ0) is 11.5. The number of rotatable bonds is 6. The summed E-state index contributed by atoms with van der Waals surface area (Å²) in [6.07, 6.45) is -0.169. The van der Waals surface area contributed by atoms with E-state index in [1.165, 1.54) is 0 Å². The number of amides is 2. The van der Waals surface area contributed by atoms with Crippen LogP contribution in [0.15, 0.2) is 0 Å². The molecule has 0 fully saturated rings. The van der Waals surface area contributed by atoms with E-state index in [1.807, 2.05) is 6.92 Å². The van der Waals surface area contributed by atoms with Gasteiger partial charge >= 0.3 is 12.2 Å². The minimum Gasteiger partial charge on any atom is -0.450 e. The van der Waals surface area contributed by atoms with Gasteiger partial charge in [-0.1, -0.05) is 6.92 Å². The van der Waals surface area contributed by atoms with E-state index in [9.17, 15) is 9.59 Å². The van der Waals surface area contributed by atoms with E-state index in [-0.39, 0.29) is 0 Å². The van der Waals surface area contributed by atoms with Crippen LogP contribution in [0.1, 0.15) is 20.3 Å². The van der Waals surface area contributed by atoms with Crippen molar-refractivity contribution in [1.29, 1.82) is 0 Å². The topological polar surface area (TPSA) is 76.7 Å². The second-order valence-electron chi connectivity index (χ2n) is 2.71. The highest BCUT2D eigenvalue weighted by Crippen LogP contribution is 1.81. The Hall–Kier alpha value is -1.46. The van der Waals surface area contributed by atoms with Crippen LogP contribution in [0.2, 0.25) is 0 Å². The van der Waals surface area contributed by atoms with Crippen LogP contribution in [0.3, 0.4) is 0 Å². The molecule has 0 heterocycles. The smallest absolute Gasteiger partial charge is 0.407 e. The molecule has 0 aliphatic heterocycles. The Bertz CT molecular complexity index is 197. The summed E-state index contributed by atoms with van der Waals surface area (Å²) >= 11 is 0. The van der Waals surface area contributed by atoms with Gasteiger partial charge in [-0.15, -0.1) is 0 Å². The lowest BCUT2D eigenvalue weighted by atomic mass is 10.5. The molecule has 6 nitrogen and oxygen atoms in total. The lowest BCUT2D eigenvalue weighted by Crippen LogP contribution is -2.35. The second-order valence-corrected chi connectivity index (χ2v) is 2.71. The minimum atomic E-state index is -0.485. The fourth-order valence-electron chi connectivity index (χ4n) is 0.757. The highest BCUT2D eigenvalue weighted by Gasteiger charge is 2.01. The summed E-state index contributed by atoms with van der Waals surface area (Å²) in [5.41, 5.74) is 0. The van der Waals surface area contributed by atoms with Crippen molar-refractivity contribution in [1.82, 2.24) is 10.6 Å². The zero-order valence-electron chi connectivity index (χ0n) is 9.17. The molecule has 0 aliphatic carbocycles. The van der Waals surface area contributed by atoms with Crippen molar-refractivity contribution < 1.29 is 19.1 Å². The molecule has 0 radical (unpaired) electrons. The lowest BCUT2D eigenvalue weighted by molar-refractivity contribution is 0.143. The van der Waals surface area contributed by atoms with Crippen molar-refractivity contribution in [3.05, 3.63) is 0 Å². The normalized spacial score (nSPS) is 9.20. The van der Waals surface area contributed by atoms with Crippen LogP contribution in [-0.2, 0) is 9.47 Å². The number of carbonyl (C=O) groups is 2. The maximum Gasteiger partial charge on any atom is 0.407 e. The fraction of sp³-hybridized carbons (Fsp3) is 0.778. The predicted octanol–water partition coefficient (Wildman–Crippen LogP) is 0.869. The third kappa shape index (κ3) is 8.86. The van der Waals surface area contributed by atoms with Crippen LogP contribution in [0.4, 0.5) is 9.59 Å². The molecule has 0 unspecified atom stereocenters. The molecule has 0 spiro atoms. The van der Waals surface area contributed by atoms with Gasteiger partial charge < -0.3 is 20.1 Å². The van der Waals surface area contributed by atoms with Gasteiger partial charge in [0.1, 0.15) is 0 Å². The largest absolute Gasteiger partial charge is 0.450 e. The molecule has 2 amide bonds. The first kappa shape index (κ1) is 13.5. The van der Waals surface area contributed by atoms with Crippen molar-refractivity contribution >= 4 is 12.2 Å². The number of alkyl carbamates (subject to hydrolysis) is 2. The van der Waals surface area contributed by atoms with Gasteiger partial charge in [0, 0.05) is 13.1 Å². The Labute approximate surface area is 89.3 Å². The molecule has 0 bridgehead atoms. The van der Waals surface area contributed by atoms with Gasteiger partial charge in [-0.25, -0.2) is 9.59 Å². The Morgan fingerprint density at radius 2 is 1.53 bits per heavy atom. The average Bonchev–Trinajstić information content (AvgIpc) is 2.22. The van der Waals surface area contributed by atoms with Gasteiger partial charge in [0.2, 0.25) is 0 Å². The molecule has 0 aliphatic rings. The van der Waals surface area contributed by atoms with E-state index in [0.717, 1.165) is 6.42 Å². The number of ether oxygens (including phenoxy) is 2. The maximum absolute atomic E-state index is 10.9. The zero-order valence-corrected chi connectivity index (χ0v) is 9.17. The van der Waals surface area contributed by atoms with Crippen molar-refractivity contribution in [2.75, 3.05) is 26.3 Å². The molecule has 88 valence electrons. The molecule has 2 N–H and O–H groups in total. The average molecular weight is 218 g/mol. The van der Waals surface area contributed by atoms with Crippen LogP contribution in [-0.4, -0.2) is 38.5 Å². The SMILES string of the molecule is CCCOC(=O)NCCNC(=O)OCC. The highest BCUT2D eigenvalue weighted by atomic mass is 16.6. The first-order valence-corrected chi connectivity index (χ1v) is 5.02. The number of hydrogen-bond donors (Lipinski definition) is 2. The van der Waals surface area contributed by atoms with Crippen LogP contribution >= 0.6 is 0 Å². The predicted molar refractivity (Wildman–Crippen MR) is 54.7 cm³/mol. The third-order valence-corrected chi connectivity index (χ3v) is 1.38. The van der Waals surface area contributed by atoms with Crippen LogP contribution < -0.4 is 10.6 Å². The van der Waals surface area contributed by atoms with E-state index in [1.54, 1.807) is 6.92 Å². The molecule has 15 heavy (non-hydrogen) atoms. The molecule has 6 heteroatoms. The summed E-state index contributed by atoms with van der Waals surface area (Å²) in [5, 5.41) is 4.95. The van der Waals surface area contributed by atoms with Crippen LogP contribution in [0.25, 0.3) is 0 Å². The van der Waals surface area contributed by atoms with Gasteiger partial charge in [0.05, 0.1) is 13.2 Å². The Balaban J connectivity index is 3.30. The fourth-order valence-corrected chi connectivity index (χ4v) is 0.757. The van der Waals surface area contributed by atoms with Crippen molar-refractivity contribution in [2.45, 2.75) is 20.3 Å². The Kier molecular flexibility index (Phi) is 8.22. The van der Waals surface area contributed by atoms with Gasteiger partial charge in [-0.2, -0.15) is 0 Å². The summed E-state index contributed by atoms with van der Waals surface area (Å²) in [5.74, 6) is 0. The standard InChI is InChI=1S/C9H18N2O4/c1-3-7-15-9(13)11-6-5-10-8(12)14-4-2/h3-7H2,1-2H3,(H,10,12)(H,11,13). The van der Waals surface area contributed by atoms with Crippen molar-refractivity contribution in [2.24, 2.45) is 0 Å². The van der Waals surface area contributed by atoms with E-state index >= 15 is 0 Å². The van der Waals surface area contributed by atoms with E-state index in [0.29, 0.717) is 26.3 Å². The number of nitrogens with one attached hydrogen (secondary N) is 2. The minimum absolute atomic E-state index is 0.320. The first-order valence-electron chi connectivity index (χ1n) is 5.02. The van der Waals surface area contributed by atoms with Crippen LogP contribution in [0.5, 0.6) is 0 Å². The van der Waals surface area contributed by atoms with E-state index < -0.39 is 12.2 Å². The molecule has 0 rings (SSSR count).